The molecular weight excluding hydrogens is 494 g/mol. The average Bonchev–Trinajstić information content (AvgIpc) is 2.88. The Morgan fingerprint density at radius 2 is 1.54 bits per heavy atom. The van der Waals surface area contributed by atoms with Crippen LogP contribution in [0.3, 0.4) is 0 Å². The molecular formula is C28H33NO7S. The van der Waals surface area contributed by atoms with E-state index >= 15 is 0 Å². The van der Waals surface area contributed by atoms with Crippen molar-refractivity contribution in [1.29, 1.82) is 0 Å². The van der Waals surface area contributed by atoms with Gasteiger partial charge in [0.15, 0.2) is 0 Å². The van der Waals surface area contributed by atoms with Crippen LogP contribution in [0.4, 0.5) is 0 Å². The van der Waals surface area contributed by atoms with E-state index < -0.39 is 22.3 Å². The Labute approximate surface area is 218 Å². The van der Waals surface area contributed by atoms with Crippen LogP contribution in [0, 0.1) is 0 Å². The molecule has 0 unspecified atom stereocenters. The number of amides is 1. The molecule has 2 atom stereocenters. The predicted molar refractivity (Wildman–Crippen MR) is 141 cm³/mol. The third kappa shape index (κ3) is 9.53. The van der Waals surface area contributed by atoms with Gasteiger partial charge in [0, 0.05) is 19.4 Å². The van der Waals surface area contributed by atoms with Gasteiger partial charge in [0.25, 0.3) is 0 Å². The summed E-state index contributed by atoms with van der Waals surface area (Å²) in [7, 11) is -3.55. The standard InChI is InChI=1S/C28H33NO7S/c1-3-34-27(28(31)29-26(20-30)23-7-5-4-6-8-23)19-22-11-13-24(14-12-22)35-18-17-21-9-15-25(16-10-21)36-37(2,32)33/h4-16,26-27,30H,3,17-20H2,1-2H3,(H,29,31)/t26-,27-/m0/s1. The highest BCUT2D eigenvalue weighted by Crippen LogP contribution is 2.18. The van der Waals surface area contributed by atoms with Gasteiger partial charge in [-0.1, -0.05) is 54.6 Å². The first-order valence-corrected chi connectivity index (χ1v) is 13.9. The number of carbonyl (C=O) groups excluding carboxylic acids is 1. The number of carbonyl (C=O) groups is 1. The Balaban J connectivity index is 1.51. The molecule has 1 amide bonds. The van der Waals surface area contributed by atoms with E-state index in [4.69, 9.17) is 13.7 Å². The zero-order valence-electron chi connectivity index (χ0n) is 21.0. The molecule has 0 spiro atoms. The fraction of sp³-hybridized carbons (Fsp3) is 0.321. The minimum atomic E-state index is -3.55. The SMILES string of the molecule is CCO[C@@H](Cc1ccc(OCCc2ccc(OS(C)(=O)=O)cc2)cc1)C(=O)N[C@@H](CO)c1ccccc1. The van der Waals surface area contributed by atoms with E-state index in [0.29, 0.717) is 31.8 Å². The van der Waals surface area contributed by atoms with Crippen LogP contribution in [0.2, 0.25) is 0 Å². The normalized spacial score (nSPS) is 12.9. The molecule has 198 valence electrons. The minimum Gasteiger partial charge on any atom is -0.493 e. The number of nitrogens with one attached hydrogen (secondary N) is 1. The molecule has 0 aliphatic carbocycles. The molecule has 8 nitrogen and oxygen atoms in total. The number of hydrogen-bond donors (Lipinski definition) is 2. The lowest BCUT2D eigenvalue weighted by Crippen LogP contribution is -2.41. The number of hydrogen-bond acceptors (Lipinski definition) is 7. The van der Waals surface area contributed by atoms with E-state index in [2.05, 4.69) is 5.32 Å². The average molecular weight is 528 g/mol. The van der Waals surface area contributed by atoms with Crippen LogP contribution in [0.15, 0.2) is 78.9 Å². The van der Waals surface area contributed by atoms with Crippen LogP contribution < -0.4 is 14.2 Å². The maximum absolute atomic E-state index is 12.9. The van der Waals surface area contributed by atoms with E-state index in [0.717, 1.165) is 22.9 Å². The second-order valence-corrected chi connectivity index (χ2v) is 10.1. The number of aliphatic hydroxyl groups excluding tert-OH is 1. The van der Waals surface area contributed by atoms with Crippen LogP contribution in [0.25, 0.3) is 0 Å². The lowest BCUT2D eigenvalue weighted by Gasteiger charge is -2.22. The molecule has 0 saturated heterocycles. The van der Waals surface area contributed by atoms with Crippen molar-refractivity contribution in [1.82, 2.24) is 5.32 Å². The first-order valence-electron chi connectivity index (χ1n) is 12.1. The predicted octanol–water partition coefficient (Wildman–Crippen LogP) is 3.44. The van der Waals surface area contributed by atoms with Gasteiger partial charge in [0.2, 0.25) is 5.91 Å². The molecule has 0 saturated carbocycles. The highest BCUT2D eigenvalue weighted by atomic mass is 32.2. The van der Waals surface area contributed by atoms with Crippen molar-refractivity contribution in [3.05, 3.63) is 95.6 Å². The molecule has 3 rings (SSSR count). The molecule has 37 heavy (non-hydrogen) atoms. The molecule has 9 heteroatoms. The van der Waals surface area contributed by atoms with Crippen molar-refractivity contribution in [2.45, 2.75) is 31.9 Å². The Bertz CT molecular complexity index is 1210. The summed E-state index contributed by atoms with van der Waals surface area (Å²) >= 11 is 0. The zero-order chi connectivity index (χ0) is 26.7. The second kappa shape index (κ2) is 13.8. The summed E-state index contributed by atoms with van der Waals surface area (Å²) in [6.07, 6.45) is 1.34. The maximum atomic E-state index is 12.9. The van der Waals surface area contributed by atoms with E-state index in [9.17, 15) is 18.3 Å². The third-order valence-corrected chi connectivity index (χ3v) is 6.03. The van der Waals surface area contributed by atoms with Gasteiger partial charge in [-0.05, 0) is 47.9 Å². The fourth-order valence-electron chi connectivity index (χ4n) is 3.72. The summed E-state index contributed by atoms with van der Waals surface area (Å²) < 4.78 is 38.8. The molecule has 3 aromatic rings. The largest absolute Gasteiger partial charge is 0.493 e. The topological polar surface area (TPSA) is 111 Å². The molecule has 3 aromatic carbocycles. The van der Waals surface area contributed by atoms with Crippen LogP contribution in [0.1, 0.15) is 29.7 Å². The summed E-state index contributed by atoms with van der Waals surface area (Å²) in [5, 5.41) is 12.6. The van der Waals surface area contributed by atoms with Gasteiger partial charge in [0.1, 0.15) is 17.6 Å². The van der Waals surface area contributed by atoms with Gasteiger partial charge in [-0.15, -0.1) is 0 Å². The lowest BCUT2D eigenvalue weighted by molar-refractivity contribution is -0.133. The van der Waals surface area contributed by atoms with E-state index in [1.54, 1.807) is 24.3 Å². The van der Waals surface area contributed by atoms with Crippen molar-refractivity contribution < 1.29 is 32.0 Å². The van der Waals surface area contributed by atoms with Crippen LogP contribution in [-0.4, -0.2) is 51.6 Å². The molecule has 0 aliphatic heterocycles. The summed E-state index contributed by atoms with van der Waals surface area (Å²) in [6, 6.07) is 23.1. The van der Waals surface area contributed by atoms with E-state index in [1.807, 2.05) is 61.5 Å². The quantitative estimate of drug-likeness (QED) is 0.309. The van der Waals surface area contributed by atoms with Gasteiger partial charge in [-0.3, -0.25) is 4.79 Å². The molecule has 0 fully saturated rings. The van der Waals surface area contributed by atoms with Gasteiger partial charge in [-0.2, -0.15) is 8.42 Å². The first-order chi connectivity index (χ1) is 17.8. The minimum absolute atomic E-state index is 0.209. The van der Waals surface area contributed by atoms with Crippen molar-refractivity contribution >= 4 is 16.0 Å². The zero-order valence-corrected chi connectivity index (χ0v) is 21.8. The lowest BCUT2D eigenvalue weighted by atomic mass is 10.0. The molecule has 2 N–H and O–H groups in total. The van der Waals surface area contributed by atoms with Crippen molar-refractivity contribution in [3.63, 3.8) is 0 Å². The van der Waals surface area contributed by atoms with Gasteiger partial charge in [-0.25, -0.2) is 0 Å². The van der Waals surface area contributed by atoms with Crippen molar-refractivity contribution in [2.75, 3.05) is 26.1 Å². The molecule has 0 aromatic heterocycles. The summed E-state index contributed by atoms with van der Waals surface area (Å²) in [5.41, 5.74) is 2.73. The Morgan fingerprint density at radius 3 is 2.14 bits per heavy atom. The molecule has 0 heterocycles. The van der Waals surface area contributed by atoms with Crippen LogP contribution in [-0.2, 0) is 32.5 Å². The van der Waals surface area contributed by atoms with E-state index in [-0.39, 0.29) is 18.3 Å². The third-order valence-electron chi connectivity index (χ3n) is 5.54. The Morgan fingerprint density at radius 1 is 0.919 bits per heavy atom. The molecule has 0 bridgehead atoms. The maximum Gasteiger partial charge on any atom is 0.306 e. The number of ether oxygens (including phenoxy) is 2. The van der Waals surface area contributed by atoms with Crippen LogP contribution in [0.5, 0.6) is 11.5 Å². The van der Waals surface area contributed by atoms with Gasteiger partial charge < -0.3 is 24.1 Å². The monoisotopic (exact) mass is 527 g/mol. The Hall–Kier alpha value is -3.40. The fourth-order valence-corrected chi connectivity index (χ4v) is 4.18. The first kappa shape index (κ1) is 28.2. The van der Waals surface area contributed by atoms with Gasteiger partial charge in [0.05, 0.1) is 25.5 Å². The van der Waals surface area contributed by atoms with Gasteiger partial charge >= 0.3 is 10.1 Å². The highest BCUT2D eigenvalue weighted by Gasteiger charge is 2.23. The van der Waals surface area contributed by atoms with Crippen molar-refractivity contribution in [2.24, 2.45) is 0 Å². The van der Waals surface area contributed by atoms with E-state index in [1.165, 1.54) is 0 Å². The highest BCUT2D eigenvalue weighted by molar-refractivity contribution is 7.86. The Kier molecular flexibility index (Phi) is 10.5. The van der Waals surface area contributed by atoms with Crippen LogP contribution >= 0.6 is 0 Å². The summed E-state index contributed by atoms with van der Waals surface area (Å²) in [6.45, 7) is 2.46. The number of rotatable bonds is 14. The number of benzene rings is 3. The smallest absolute Gasteiger partial charge is 0.306 e. The molecule has 0 aliphatic rings. The summed E-state index contributed by atoms with van der Waals surface area (Å²) in [4.78, 5) is 12.9. The van der Waals surface area contributed by atoms with Crippen molar-refractivity contribution in [3.8, 4) is 11.5 Å². The molecule has 0 radical (unpaired) electrons. The number of aliphatic hydroxyl groups is 1. The summed E-state index contributed by atoms with van der Waals surface area (Å²) in [5.74, 6) is 0.689. The second-order valence-electron chi connectivity index (χ2n) is 8.48.